The third-order valence-corrected chi connectivity index (χ3v) is 3.45. The smallest absolute Gasteiger partial charge is 0.182 e. The molecule has 0 amide bonds. The first-order chi connectivity index (χ1) is 7.34. The molecule has 1 fully saturated rings. The van der Waals surface area contributed by atoms with Gasteiger partial charge in [-0.2, -0.15) is 0 Å². The molecule has 2 N–H and O–H groups in total. The lowest BCUT2D eigenvalue weighted by Crippen LogP contribution is -2.45. The van der Waals surface area contributed by atoms with E-state index in [-0.39, 0.29) is 0 Å². The molecule has 1 saturated heterocycles. The summed E-state index contributed by atoms with van der Waals surface area (Å²) < 4.78 is 0. The van der Waals surface area contributed by atoms with Crippen molar-refractivity contribution >= 4 is 16.5 Å². The summed E-state index contributed by atoms with van der Waals surface area (Å²) in [6, 6.07) is 0. The van der Waals surface area contributed by atoms with Gasteiger partial charge in [0.2, 0.25) is 0 Å². The lowest BCUT2D eigenvalue weighted by atomic mass is 10.3. The van der Waals surface area contributed by atoms with Gasteiger partial charge in [-0.3, -0.25) is 4.90 Å². The predicted octanol–water partition coefficient (Wildman–Crippen LogP) is 0.769. The normalized spacial score (nSPS) is 17.9. The third kappa shape index (κ3) is 3.44. The van der Waals surface area contributed by atoms with Crippen LogP contribution in [-0.4, -0.2) is 49.2 Å². The second-order valence-electron chi connectivity index (χ2n) is 3.81. The van der Waals surface area contributed by atoms with Crippen molar-refractivity contribution in [1.82, 2.24) is 15.2 Å². The van der Waals surface area contributed by atoms with Crippen LogP contribution in [0.5, 0.6) is 0 Å². The number of nitrogens with zero attached hydrogens (tertiary/aromatic N) is 2. The van der Waals surface area contributed by atoms with Gasteiger partial charge in [-0.25, -0.2) is 4.98 Å². The molecule has 2 rings (SSSR count). The van der Waals surface area contributed by atoms with Crippen molar-refractivity contribution in [2.45, 2.75) is 6.92 Å². The number of hydrogen-bond donors (Lipinski definition) is 2. The maximum absolute atomic E-state index is 4.37. The summed E-state index contributed by atoms with van der Waals surface area (Å²) in [6.07, 6.45) is 0. The standard InChI is InChI=1S/C10H18N4S/c1-9-8-15-10(13-9)12-4-7-14-5-2-11-3-6-14/h8,11H,2-7H2,1H3,(H,12,13). The number of anilines is 1. The summed E-state index contributed by atoms with van der Waals surface area (Å²) in [6.45, 7) is 8.70. The molecule has 1 aromatic heterocycles. The molecule has 4 nitrogen and oxygen atoms in total. The molecular formula is C10H18N4S. The zero-order valence-electron chi connectivity index (χ0n) is 9.12. The number of piperazine rings is 1. The van der Waals surface area contributed by atoms with Gasteiger partial charge in [-0.1, -0.05) is 0 Å². The number of thiazole rings is 1. The summed E-state index contributed by atoms with van der Waals surface area (Å²) >= 11 is 1.68. The van der Waals surface area contributed by atoms with Gasteiger partial charge >= 0.3 is 0 Å². The first kappa shape index (κ1) is 10.9. The maximum Gasteiger partial charge on any atom is 0.182 e. The van der Waals surface area contributed by atoms with Gasteiger partial charge in [-0.15, -0.1) is 11.3 Å². The fourth-order valence-corrected chi connectivity index (χ4v) is 2.41. The minimum atomic E-state index is 0.993. The monoisotopic (exact) mass is 226 g/mol. The minimum Gasteiger partial charge on any atom is -0.360 e. The molecule has 1 aromatic rings. The van der Waals surface area contributed by atoms with Crippen LogP contribution in [0.3, 0.4) is 0 Å². The van der Waals surface area contributed by atoms with E-state index >= 15 is 0 Å². The Morgan fingerprint density at radius 2 is 2.33 bits per heavy atom. The molecule has 0 bridgehead atoms. The van der Waals surface area contributed by atoms with Crippen molar-refractivity contribution in [2.24, 2.45) is 0 Å². The highest BCUT2D eigenvalue weighted by Crippen LogP contribution is 2.13. The average Bonchev–Trinajstić information content (AvgIpc) is 2.66. The van der Waals surface area contributed by atoms with Crippen LogP contribution in [-0.2, 0) is 0 Å². The average molecular weight is 226 g/mol. The van der Waals surface area contributed by atoms with Gasteiger partial charge in [0.1, 0.15) is 0 Å². The van der Waals surface area contributed by atoms with Crippen LogP contribution < -0.4 is 10.6 Å². The Balaban J connectivity index is 1.65. The zero-order chi connectivity index (χ0) is 10.5. The molecule has 0 radical (unpaired) electrons. The van der Waals surface area contributed by atoms with E-state index in [2.05, 4.69) is 25.9 Å². The molecule has 0 atom stereocenters. The highest BCUT2D eigenvalue weighted by molar-refractivity contribution is 7.13. The Bertz CT molecular complexity index is 293. The van der Waals surface area contributed by atoms with Crippen molar-refractivity contribution in [3.8, 4) is 0 Å². The Morgan fingerprint density at radius 1 is 1.53 bits per heavy atom. The summed E-state index contributed by atoms with van der Waals surface area (Å²) in [4.78, 5) is 6.85. The van der Waals surface area contributed by atoms with Gasteiger partial charge in [0, 0.05) is 44.6 Å². The van der Waals surface area contributed by atoms with Gasteiger partial charge in [-0.05, 0) is 6.92 Å². The van der Waals surface area contributed by atoms with Crippen LogP contribution in [0.2, 0.25) is 0 Å². The van der Waals surface area contributed by atoms with Crippen molar-refractivity contribution in [3.05, 3.63) is 11.1 Å². The summed E-state index contributed by atoms with van der Waals surface area (Å²) in [5.41, 5.74) is 1.10. The van der Waals surface area contributed by atoms with Crippen molar-refractivity contribution in [1.29, 1.82) is 0 Å². The Hall–Kier alpha value is -0.650. The summed E-state index contributed by atoms with van der Waals surface area (Å²) in [5.74, 6) is 0. The van der Waals surface area contributed by atoms with Crippen molar-refractivity contribution < 1.29 is 0 Å². The van der Waals surface area contributed by atoms with E-state index in [0.717, 1.165) is 37.0 Å². The highest BCUT2D eigenvalue weighted by atomic mass is 32.1. The Kier molecular flexibility index (Phi) is 3.94. The van der Waals surface area contributed by atoms with E-state index in [9.17, 15) is 0 Å². The lowest BCUT2D eigenvalue weighted by molar-refractivity contribution is 0.249. The maximum atomic E-state index is 4.37. The van der Waals surface area contributed by atoms with Gasteiger partial charge < -0.3 is 10.6 Å². The molecule has 1 aliphatic rings. The SMILES string of the molecule is Cc1csc(NCCN2CCNCC2)n1. The molecule has 0 spiro atoms. The van der Waals surface area contributed by atoms with E-state index in [1.54, 1.807) is 11.3 Å². The van der Waals surface area contributed by atoms with Crippen LogP contribution in [0.15, 0.2) is 5.38 Å². The fourth-order valence-electron chi connectivity index (χ4n) is 1.69. The van der Waals surface area contributed by atoms with E-state index in [0.29, 0.717) is 0 Å². The Morgan fingerprint density at radius 3 is 3.00 bits per heavy atom. The van der Waals surface area contributed by atoms with E-state index in [1.165, 1.54) is 13.1 Å². The number of rotatable bonds is 4. The lowest BCUT2D eigenvalue weighted by Gasteiger charge is -2.26. The molecule has 0 aromatic carbocycles. The molecule has 0 saturated carbocycles. The van der Waals surface area contributed by atoms with Crippen molar-refractivity contribution in [2.75, 3.05) is 44.6 Å². The van der Waals surface area contributed by atoms with Crippen LogP contribution in [0, 0.1) is 6.92 Å². The molecular weight excluding hydrogens is 208 g/mol. The number of aryl methyl sites for hydroxylation is 1. The largest absolute Gasteiger partial charge is 0.360 e. The third-order valence-electron chi connectivity index (χ3n) is 2.53. The second kappa shape index (κ2) is 5.44. The first-order valence-corrected chi connectivity index (χ1v) is 6.31. The minimum absolute atomic E-state index is 0.993. The van der Waals surface area contributed by atoms with Crippen LogP contribution in [0.25, 0.3) is 0 Å². The highest BCUT2D eigenvalue weighted by Gasteiger charge is 2.08. The number of aromatic nitrogens is 1. The van der Waals surface area contributed by atoms with E-state index < -0.39 is 0 Å². The topological polar surface area (TPSA) is 40.2 Å². The zero-order valence-corrected chi connectivity index (χ0v) is 9.94. The summed E-state index contributed by atoms with van der Waals surface area (Å²) in [7, 11) is 0. The first-order valence-electron chi connectivity index (χ1n) is 5.44. The Labute approximate surface area is 94.7 Å². The molecule has 0 unspecified atom stereocenters. The van der Waals surface area contributed by atoms with Gasteiger partial charge in [0.05, 0.1) is 5.69 Å². The molecule has 15 heavy (non-hydrogen) atoms. The van der Waals surface area contributed by atoms with Gasteiger partial charge in [0.15, 0.2) is 5.13 Å². The predicted molar refractivity (Wildman–Crippen MR) is 64.7 cm³/mol. The molecule has 2 heterocycles. The molecule has 5 heteroatoms. The van der Waals surface area contributed by atoms with Gasteiger partial charge in [0.25, 0.3) is 0 Å². The van der Waals surface area contributed by atoms with E-state index in [1.807, 2.05) is 6.92 Å². The van der Waals surface area contributed by atoms with Crippen molar-refractivity contribution in [3.63, 3.8) is 0 Å². The molecule has 0 aliphatic carbocycles. The second-order valence-corrected chi connectivity index (χ2v) is 4.67. The number of nitrogens with one attached hydrogen (secondary N) is 2. The fraction of sp³-hybridized carbons (Fsp3) is 0.700. The number of hydrogen-bond acceptors (Lipinski definition) is 5. The molecule has 84 valence electrons. The molecule has 1 aliphatic heterocycles. The summed E-state index contributed by atoms with van der Waals surface area (Å²) in [5, 5.41) is 9.83. The van der Waals surface area contributed by atoms with Crippen LogP contribution in [0.4, 0.5) is 5.13 Å². The quantitative estimate of drug-likeness (QED) is 0.795. The van der Waals surface area contributed by atoms with E-state index in [4.69, 9.17) is 0 Å². The van der Waals surface area contributed by atoms with Crippen LogP contribution >= 0.6 is 11.3 Å². The van der Waals surface area contributed by atoms with Crippen LogP contribution in [0.1, 0.15) is 5.69 Å².